The maximum atomic E-state index is 12.0. The second-order valence-corrected chi connectivity index (χ2v) is 7.16. The van der Waals surface area contributed by atoms with Gasteiger partial charge in [-0.25, -0.2) is 12.7 Å². The summed E-state index contributed by atoms with van der Waals surface area (Å²) in [4.78, 5) is 12.0. The number of carbonyl (C=O) groups is 1. The average Bonchev–Trinajstić information content (AvgIpc) is 2.38. The Bertz CT molecular complexity index is 658. The van der Waals surface area contributed by atoms with E-state index in [0.29, 0.717) is 0 Å². The van der Waals surface area contributed by atoms with Gasteiger partial charge in [-0.1, -0.05) is 6.07 Å². The van der Waals surface area contributed by atoms with Crippen molar-refractivity contribution in [1.82, 2.24) is 9.62 Å². The van der Waals surface area contributed by atoms with Crippen molar-refractivity contribution in [2.24, 2.45) is 0 Å². The lowest BCUT2D eigenvalue weighted by Gasteiger charge is -2.18. The third-order valence-corrected chi connectivity index (χ3v) is 4.39. The molecule has 0 aliphatic heterocycles. The fourth-order valence-electron chi connectivity index (χ4n) is 1.39. The topological polar surface area (TPSA) is 90.3 Å². The van der Waals surface area contributed by atoms with Crippen LogP contribution < -0.4 is 5.32 Å². The third-order valence-electron chi connectivity index (χ3n) is 2.58. The quantitative estimate of drug-likeness (QED) is 0.896. The Kier molecular flexibility index (Phi) is 4.53. The van der Waals surface area contributed by atoms with E-state index in [1.165, 1.54) is 38.4 Å². The number of rotatable bonds is 4. The minimum atomic E-state index is -3.59. The molecule has 0 radical (unpaired) electrons. The van der Waals surface area contributed by atoms with Crippen LogP contribution in [0.5, 0.6) is 0 Å². The van der Waals surface area contributed by atoms with E-state index >= 15 is 0 Å². The van der Waals surface area contributed by atoms with Crippen LogP contribution in [0.3, 0.4) is 0 Å². The van der Waals surface area contributed by atoms with Gasteiger partial charge in [0.15, 0.2) is 0 Å². The van der Waals surface area contributed by atoms with Gasteiger partial charge in [-0.15, -0.1) is 0 Å². The summed E-state index contributed by atoms with van der Waals surface area (Å²) in [6, 6.07) is 7.64. The van der Waals surface area contributed by atoms with Crippen LogP contribution in [-0.2, 0) is 10.0 Å². The molecule has 7 heteroatoms. The van der Waals surface area contributed by atoms with Gasteiger partial charge in [0.05, 0.1) is 11.0 Å². The zero-order chi connectivity index (χ0) is 15.6. The SMILES string of the molecule is CN(C)S(=O)(=O)c1cccc(C(=O)NC(C)(C)C#N)c1. The minimum absolute atomic E-state index is 0.0323. The number of carbonyl (C=O) groups excluding carboxylic acids is 1. The van der Waals surface area contributed by atoms with E-state index in [1.807, 2.05) is 6.07 Å². The van der Waals surface area contributed by atoms with Crippen molar-refractivity contribution in [2.75, 3.05) is 14.1 Å². The first-order valence-corrected chi connectivity index (χ1v) is 7.30. The molecule has 0 aliphatic rings. The van der Waals surface area contributed by atoms with Crippen LogP contribution in [0, 0.1) is 11.3 Å². The van der Waals surface area contributed by atoms with Crippen LogP contribution in [0.15, 0.2) is 29.2 Å². The number of nitriles is 1. The van der Waals surface area contributed by atoms with E-state index in [0.717, 1.165) is 4.31 Å². The summed E-state index contributed by atoms with van der Waals surface area (Å²) in [5.74, 6) is -0.493. The van der Waals surface area contributed by atoms with Crippen LogP contribution in [0.1, 0.15) is 24.2 Å². The van der Waals surface area contributed by atoms with Gasteiger partial charge < -0.3 is 5.32 Å². The van der Waals surface area contributed by atoms with E-state index in [1.54, 1.807) is 13.8 Å². The number of hydrogen-bond donors (Lipinski definition) is 1. The van der Waals surface area contributed by atoms with Crippen LogP contribution in [0.4, 0.5) is 0 Å². The molecule has 0 bridgehead atoms. The van der Waals surface area contributed by atoms with Gasteiger partial charge >= 0.3 is 0 Å². The summed E-state index contributed by atoms with van der Waals surface area (Å²) in [7, 11) is -0.759. The fraction of sp³-hybridized carbons (Fsp3) is 0.385. The zero-order valence-corrected chi connectivity index (χ0v) is 12.7. The van der Waals surface area contributed by atoms with Crippen molar-refractivity contribution in [3.8, 4) is 6.07 Å². The van der Waals surface area contributed by atoms with E-state index in [9.17, 15) is 13.2 Å². The standard InChI is InChI=1S/C13H17N3O3S/c1-13(2,9-14)15-12(17)10-6-5-7-11(8-10)20(18,19)16(3)4/h5-8H,1-4H3,(H,15,17). The molecule has 1 N–H and O–H groups in total. The number of amides is 1. The molecule has 6 nitrogen and oxygen atoms in total. The maximum Gasteiger partial charge on any atom is 0.252 e. The molecule has 1 aromatic rings. The van der Waals surface area contributed by atoms with Gasteiger partial charge in [0, 0.05) is 19.7 Å². The van der Waals surface area contributed by atoms with Gasteiger partial charge in [-0.05, 0) is 32.0 Å². The first-order valence-electron chi connectivity index (χ1n) is 5.86. The second-order valence-electron chi connectivity index (χ2n) is 5.01. The van der Waals surface area contributed by atoms with Crippen molar-refractivity contribution in [3.63, 3.8) is 0 Å². The minimum Gasteiger partial charge on any atom is -0.334 e. The van der Waals surface area contributed by atoms with Gasteiger partial charge in [-0.3, -0.25) is 4.79 Å². The van der Waals surface area contributed by atoms with E-state index in [4.69, 9.17) is 5.26 Å². The van der Waals surface area contributed by atoms with Crippen molar-refractivity contribution in [2.45, 2.75) is 24.3 Å². The number of nitrogens with zero attached hydrogens (tertiary/aromatic N) is 2. The number of sulfonamides is 1. The van der Waals surface area contributed by atoms with Crippen molar-refractivity contribution < 1.29 is 13.2 Å². The Morgan fingerprint density at radius 3 is 2.45 bits per heavy atom. The van der Waals surface area contributed by atoms with Gasteiger partial charge in [0.25, 0.3) is 5.91 Å². The Balaban J connectivity index is 3.13. The normalized spacial score (nSPS) is 12.0. The lowest BCUT2D eigenvalue weighted by atomic mass is 10.1. The fourth-order valence-corrected chi connectivity index (χ4v) is 2.34. The van der Waals surface area contributed by atoms with Gasteiger partial charge in [0.2, 0.25) is 10.0 Å². The molecule has 1 aromatic carbocycles. The molecule has 0 unspecified atom stereocenters. The Hall–Kier alpha value is -1.91. The van der Waals surface area contributed by atoms with E-state index in [2.05, 4.69) is 5.32 Å². The van der Waals surface area contributed by atoms with Gasteiger partial charge in [-0.2, -0.15) is 5.26 Å². The molecular weight excluding hydrogens is 278 g/mol. The highest BCUT2D eigenvalue weighted by Crippen LogP contribution is 2.15. The van der Waals surface area contributed by atoms with E-state index < -0.39 is 21.5 Å². The first-order chi connectivity index (χ1) is 9.10. The Labute approximate surface area is 119 Å². The highest BCUT2D eigenvalue weighted by Gasteiger charge is 2.22. The first kappa shape index (κ1) is 16.1. The lowest BCUT2D eigenvalue weighted by molar-refractivity contribution is 0.0929. The van der Waals surface area contributed by atoms with E-state index in [-0.39, 0.29) is 10.5 Å². The summed E-state index contributed by atoms with van der Waals surface area (Å²) in [5, 5.41) is 11.4. The summed E-state index contributed by atoms with van der Waals surface area (Å²) in [6.45, 7) is 3.12. The van der Waals surface area contributed by atoms with Crippen LogP contribution in [-0.4, -0.2) is 38.3 Å². The monoisotopic (exact) mass is 295 g/mol. The van der Waals surface area contributed by atoms with Crippen molar-refractivity contribution in [3.05, 3.63) is 29.8 Å². The molecule has 0 aliphatic carbocycles. The smallest absolute Gasteiger partial charge is 0.252 e. The maximum absolute atomic E-state index is 12.0. The summed E-state index contributed by atoms with van der Waals surface area (Å²) in [6.07, 6.45) is 0. The number of nitrogens with one attached hydrogen (secondary N) is 1. The van der Waals surface area contributed by atoms with Gasteiger partial charge in [0.1, 0.15) is 5.54 Å². The van der Waals surface area contributed by atoms with Crippen molar-refractivity contribution in [1.29, 1.82) is 5.26 Å². The Morgan fingerprint density at radius 2 is 1.95 bits per heavy atom. The molecule has 20 heavy (non-hydrogen) atoms. The summed E-state index contributed by atoms with van der Waals surface area (Å²) in [5.41, 5.74) is -0.829. The van der Waals surface area contributed by atoms with Crippen LogP contribution in [0.2, 0.25) is 0 Å². The molecule has 1 amide bonds. The molecule has 108 valence electrons. The molecular formula is C13H17N3O3S. The predicted molar refractivity (Wildman–Crippen MR) is 74.5 cm³/mol. The molecule has 0 fully saturated rings. The summed E-state index contributed by atoms with van der Waals surface area (Å²) < 4.78 is 25.1. The number of benzene rings is 1. The number of hydrogen-bond acceptors (Lipinski definition) is 4. The molecule has 0 aromatic heterocycles. The molecule has 1 rings (SSSR count). The molecule has 0 atom stereocenters. The summed E-state index contributed by atoms with van der Waals surface area (Å²) >= 11 is 0. The molecule has 0 saturated heterocycles. The Morgan fingerprint density at radius 1 is 1.35 bits per heavy atom. The zero-order valence-electron chi connectivity index (χ0n) is 11.8. The highest BCUT2D eigenvalue weighted by molar-refractivity contribution is 7.89. The molecule has 0 spiro atoms. The average molecular weight is 295 g/mol. The molecule has 0 heterocycles. The third kappa shape index (κ3) is 3.56. The lowest BCUT2D eigenvalue weighted by Crippen LogP contribution is -2.42. The van der Waals surface area contributed by atoms with Crippen LogP contribution >= 0.6 is 0 Å². The second kappa shape index (κ2) is 5.61. The van der Waals surface area contributed by atoms with Crippen LogP contribution in [0.25, 0.3) is 0 Å². The largest absolute Gasteiger partial charge is 0.334 e. The van der Waals surface area contributed by atoms with Crippen molar-refractivity contribution >= 4 is 15.9 Å². The highest BCUT2D eigenvalue weighted by atomic mass is 32.2. The molecule has 0 saturated carbocycles. The predicted octanol–water partition coefficient (Wildman–Crippen LogP) is 0.969.